The van der Waals surface area contributed by atoms with Crippen LogP contribution in [-0.2, 0) is 16.6 Å². The third-order valence-electron chi connectivity index (χ3n) is 2.65. The van der Waals surface area contributed by atoms with Gasteiger partial charge in [0, 0.05) is 17.7 Å². The number of nitrogens with zero attached hydrogens (tertiary/aromatic N) is 4. The van der Waals surface area contributed by atoms with Crippen molar-refractivity contribution in [2.75, 3.05) is 12.5 Å². The molecule has 11 heteroatoms. The summed E-state index contributed by atoms with van der Waals surface area (Å²) in [6, 6.07) is 1.43. The topological polar surface area (TPSA) is 130 Å². The fourth-order valence-electron chi connectivity index (χ4n) is 1.64. The number of aromatic nitrogens is 4. The molecule has 0 aliphatic rings. The van der Waals surface area contributed by atoms with Crippen LogP contribution in [0.2, 0.25) is 0 Å². The van der Waals surface area contributed by atoms with E-state index in [2.05, 4.69) is 41.5 Å². The summed E-state index contributed by atoms with van der Waals surface area (Å²) >= 11 is 3.19. The summed E-state index contributed by atoms with van der Waals surface area (Å²) in [5.74, 6) is 6.37. The van der Waals surface area contributed by atoms with Gasteiger partial charge in [0.2, 0.25) is 10.0 Å². The number of rotatable bonds is 5. The van der Waals surface area contributed by atoms with E-state index in [0.29, 0.717) is 16.1 Å². The van der Waals surface area contributed by atoms with E-state index in [-0.39, 0.29) is 17.3 Å². The SMILES string of the molecule is Cc1nc(CN(C)S(=O)(=O)c2cc(Br)cnc2NN)n[nH]1. The molecular formula is C10H14BrN7O2S. The minimum atomic E-state index is -3.79. The lowest BCUT2D eigenvalue weighted by atomic mass is 10.5. The highest BCUT2D eigenvalue weighted by Gasteiger charge is 2.26. The van der Waals surface area contributed by atoms with E-state index in [0.717, 1.165) is 4.31 Å². The van der Waals surface area contributed by atoms with E-state index < -0.39 is 10.0 Å². The van der Waals surface area contributed by atoms with Gasteiger partial charge >= 0.3 is 0 Å². The zero-order valence-corrected chi connectivity index (χ0v) is 13.7. The lowest BCUT2D eigenvalue weighted by Gasteiger charge is -2.17. The summed E-state index contributed by atoms with van der Waals surface area (Å²) in [5.41, 5.74) is 2.28. The molecule has 21 heavy (non-hydrogen) atoms. The van der Waals surface area contributed by atoms with Crippen molar-refractivity contribution in [1.82, 2.24) is 24.5 Å². The number of aryl methyl sites for hydroxylation is 1. The predicted octanol–water partition coefficient (Wildman–Crippen LogP) is 0.377. The molecule has 0 amide bonds. The van der Waals surface area contributed by atoms with Gasteiger partial charge in [-0.25, -0.2) is 24.2 Å². The number of nitrogens with one attached hydrogen (secondary N) is 2. The second kappa shape index (κ2) is 6.05. The van der Waals surface area contributed by atoms with Crippen molar-refractivity contribution in [2.45, 2.75) is 18.4 Å². The number of hydrogen-bond acceptors (Lipinski definition) is 7. The molecule has 0 aliphatic heterocycles. The maximum atomic E-state index is 12.6. The lowest BCUT2D eigenvalue weighted by Crippen LogP contribution is -2.28. The number of hydrogen-bond donors (Lipinski definition) is 3. The Balaban J connectivity index is 2.35. The first kappa shape index (κ1) is 15.8. The van der Waals surface area contributed by atoms with Gasteiger partial charge in [-0.3, -0.25) is 5.10 Å². The highest BCUT2D eigenvalue weighted by Crippen LogP contribution is 2.25. The number of anilines is 1. The Bertz CT molecular complexity index is 746. The molecule has 4 N–H and O–H groups in total. The lowest BCUT2D eigenvalue weighted by molar-refractivity contribution is 0.457. The fourth-order valence-corrected chi connectivity index (χ4v) is 3.37. The van der Waals surface area contributed by atoms with Gasteiger partial charge in [-0.15, -0.1) is 0 Å². The fraction of sp³-hybridized carbons (Fsp3) is 0.300. The number of aromatic amines is 1. The van der Waals surface area contributed by atoms with E-state index in [9.17, 15) is 8.42 Å². The van der Waals surface area contributed by atoms with Crippen molar-refractivity contribution in [3.05, 3.63) is 28.4 Å². The number of sulfonamides is 1. The van der Waals surface area contributed by atoms with Gasteiger partial charge < -0.3 is 5.43 Å². The van der Waals surface area contributed by atoms with Crippen molar-refractivity contribution < 1.29 is 8.42 Å². The monoisotopic (exact) mass is 375 g/mol. The van der Waals surface area contributed by atoms with Gasteiger partial charge in [-0.2, -0.15) is 9.40 Å². The summed E-state index contributed by atoms with van der Waals surface area (Å²) in [7, 11) is -2.36. The molecule has 0 spiro atoms. The van der Waals surface area contributed by atoms with Crippen LogP contribution < -0.4 is 11.3 Å². The highest BCUT2D eigenvalue weighted by molar-refractivity contribution is 9.10. The summed E-state index contributed by atoms with van der Waals surface area (Å²) in [6.45, 7) is 1.77. The van der Waals surface area contributed by atoms with E-state index in [1.165, 1.54) is 19.3 Å². The van der Waals surface area contributed by atoms with Crippen LogP contribution in [-0.4, -0.2) is 39.9 Å². The zero-order valence-electron chi connectivity index (χ0n) is 11.3. The maximum Gasteiger partial charge on any atom is 0.246 e. The number of halogens is 1. The predicted molar refractivity (Wildman–Crippen MR) is 79.5 cm³/mol. The van der Waals surface area contributed by atoms with Crippen LogP contribution in [0.25, 0.3) is 0 Å². The van der Waals surface area contributed by atoms with Gasteiger partial charge in [-0.05, 0) is 28.9 Å². The molecule has 114 valence electrons. The number of H-pyrrole nitrogens is 1. The second-order valence-electron chi connectivity index (χ2n) is 4.24. The molecule has 0 unspecified atom stereocenters. The Hall–Kier alpha value is -1.56. The maximum absolute atomic E-state index is 12.6. The highest BCUT2D eigenvalue weighted by atomic mass is 79.9. The van der Waals surface area contributed by atoms with Crippen molar-refractivity contribution in [1.29, 1.82) is 0 Å². The Labute approximate surface area is 130 Å². The molecule has 2 aromatic rings. The van der Waals surface area contributed by atoms with Crippen molar-refractivity contribution in [3.8, 4) is 0 Å². The van der Waals surface area contributed by atoms with Gasteiger partial charge in [0.05, 0.1) is 6.54 Å². The van der Waals surface area contributed by atoms with Crippen molar-refractivity contribution >= 4 is 31.8 Å². The molecule has 0 saturated heterocycles. The van der Waals surface area contributed by atoms with Crippen LogP contribution in [0.15, 0.2) is 21.6 Å². The number of nitrogens with two attached hydrogens (primary N) is 1. The van der Waals surface area contributed by atoms with Gasteiger partial charge in [0.1, 0.15) is 10.7 Å². The van der Waals surface area contributed by atoms with Crippen LogP contribution in [0.3, 0.4) is 0 Å². The molecule has 9 nitrogen and oxygen atoms in total. The third kappa shape index (κ3) is 3.37. The van der Waals surface area contributed by atoms with Crippen molar-refractivity contribution in [3.63, 3.8) is 0 Å². The average molecular weight is 376 g/mol. The third-order valence-corrected chi connectivity index (χ3v) is 4.90. The largest absolute Gasteiger partial charge is 0.307 e. The molecule has 2 aromatic heterocycles. The van der Waals surface area contributed by atoms with E-state index in [1.807, 2.05) is 0 Å². The molecule has 0 saturated carbocycles. The number of nitrogen functional groups attached to an aromatic ring is 1. The first-order valence-corrected chi connectivity index (χ1v) is 8.04. The summed E-state index contributed by atoms with van der Waals surface area (Å²) < 4.78 is 26.8. The van der Waals surface area contributed by atoms with Crippen LogP contribution in [0.4, 0.5) is 5.82 Å². The molecule has 0 atom stereocenters. The quantitative estimate of drug-likeness (QED) is 0.508. The molecule has 0 aliphatic carbocycles. The Morgan fingerprint density at radius 1 is 1.52 bits per heavy atom. The van der Waals surface area contributed by atoms with E-state index >= 15 is 0 Å². The zero-order chi connectivity index (χ0) is 15.6. The van der Waals surface area contributed by atoms with Crippen LogP contribution in [0.5, 0.6) is 0 Å². The van der Waals surface area contributed by atoms with Crippen molar-refractivity contribution in [2.24, 2.45) is 5.84 Å². The standard InChI is InChI=1S/C10H14BrN7O2S/c1-6-14-9(17-16-6)5-18(2)21(19,20)8-3-7(11)4-13-10(8)15-12/h3-4H,5,12H2,1-2H3,(H,13,15)(H,14,16,17). The normalized spacial score (nSPS) is 11.9. The molecule has 0 bridgehead atoms. The van der Waals surface area contributed by atoms with Gasteiger partial charge in [-0.1, -0.05) is 0 Å². The summed E-state index contributed by atoms with van der Waals surface area (Å²) in [4.78, 5) is 7.98. The average Bonchev–Trinajstić information content (AvgIpc) is 2.84. The Kier molecular flexibility index (Phi) is 4.56. The Morgan fingerprint density at radius 2 is 2.24 bits per heavy atom. The second-order valence-corrected chi connectivity index (χ2v) is 7.17. The van der Waals surface area contributed by atoms with Crippen LogP contribution in [0, 0.1) is 6.92 Å². The number of pyridine rings is 1. The van der Waals surface area contributed by atoms with Gasteiger partial charge in [0.15, 0.2) is 11.6 Å². The van der Waals surface area contributed by atoms with E-state index in [4.69, 9.17) is 5.84 Å². The first-order valence-electron chi connectivity index (χ1n) is 5.81. The van der Waals surface area contributed by atoms with Crippen LogP contribution >= 0.6 is 15.9 Å². The van der Waals surface area contributed by atoms with Crippen LogP contribution in [0.1, 0.15) is 11.6 Å². The van der Waals surface area contributed by atoms with Gasteiger partial charge in [0.25, 0.3) is 0 Å². The molecule has 2 rings (SSSR count). The minimum Gasteiger partial charge on any atom is -0.307 e. The summed E-state index contributed by atoms with van der Waals surface area (Å²) in [5, 5.41) is 6.58. The smallest absolute Gasteiger partial charge is 0.246 e. The molecule has 0 fully saturated rings. The summed E-state index contributed by atoms with van der Waals surface area (Å²) in [6.07, 6.45) is 1.45. The molecular weight excluding hydrogens is 362 g/mol. The first-order chi connectivity index (χ1) is 9.84. The molecule has 0 aromatic carbocycles. The van der Waals surface area contributed by atoms with E-state index in [1.54, 1.807) is 6.92 Å². The molecule has 0 radical (unpaired) electrons. The Morgan fingerprint density at radius 3 is 2.81 bits per heavy atom. The number of hydrazine groups is 1. The molecule has 2 heterocycles. The minimum absolute atomic E-state index is 0.0310.